The van der Waals surface area contributed by atoms with Crippen LogP contribution in [0.15, 0.2) is 42.5 Å². The molecular weight excluding hydrogens is 352 g/mol. The number of rotatable bonds is 8. The zero-order valence-electron chi connectivity index (χ0n) is 17.6. The number of phenolic OH excluding ortho intramolecular Hbond substituents is 1. The molecule has 0 heterocycles. The van der Waals surface area contributed by atoms with Crippen LogP contribution in [0.4, 0.5) is 5.69 Å². The fraction of sp³-hybridized carbons (Fsp3) is 0.435. The van der Waals surface area contributed by atoms with Crippen molar-refractivity contribution in [2.45, 2.75) is 40.0 Å². The van der Waals surface area contributed by atoms with Crippen LogP contribution in [0.1, 0.15) is 50.5 Å². The van der Waals surface area contributed by atoms with E-state index in [4.69, 9.17) is 4.74 Å². The van der Waals surface area contributed by atoms with Crippen LogP contribution in [0.3, 0.4) is 0 Å². The summed E-state index contributed by atoms with van der Waals surface area (Å²) in [5.74, 6) is 0.278. The second-order valence-electron chi connectivity index (χ2n) is 7.81. The minimum Gasteiger partial charge on any atom is -0.506 e. The van der Waals surface area contributed by atoms with Gasteiger partial charge in [0.05, 0.1) is 11.3 Å². The average molecular weight is 385 g/mol. The third kappa shape index (κ3) is 5.73. The number of para-hydroxylation sites is 1. The fourth-order valence-corrected chi connectivity index (χ4v) is 2.90. The van der Waals surface area contributed by atoms with Gasteiger partial charge in [0.25, 0.3) is 5.91 Å². The molecule has 28 heavy (non-hydrogen) atoms. The molecule has 5 nitrogen and oxygen atoms in total. The van der Waals surface area contributed by atoms with Gasteiger partial charge in [0.2, 0.25) is 0 Å². The second kappa shape index (κ2) is 9.60. The molecule has 0 aliphatic rings. The second-order valence-corrected chi connectivity index (χ2v) is 7.81. The van der Waals surface area contributed by atoms with E-state index < -0.39 is 0 Å². The van der Waals surface area contributed by atoms with E-state index in [1.807, 2.05) is 18.2 Å². The molecule has 2 aromatic rings. The van der Waals surface area contributed by atoms with Crippen LogP contribution >= 0.6 is 0 Å². The number of anilines is 1. The average Bonchev–Trinajstić information content (AvgIpc) is 2.66. The Morgan fingerprint density at radius 2 is 1.79 bits per heavy atom. The molecule has 0 aliphatic carbocycles. The highest BCUT2D eigenvalue weighted by molar-refractivity contribution is 6.06. The molecule has 0 saturated carbocycles. The summed E-state index contributed by atoms with van der Waals surface area (Å²) < 4.78 is 5.87. The first-order valence-electron chi connectivity index (χ1n) is 9.85. The zero-order chi connectivity index (χ0) is 20.7. The van der Waals surface area contributed by atoms with E-state index in [1.165, 1.54) is 0 Å². The summed E-state index contributed by atoms with van der Waals surface area (Å²) >= 11 is 0. The molecule has 0 aliphatic heterocycles. The van der Waals surface area contributed by atoms with E-state index in [1.54, 1.807) is 24.3 Å². The molecule has 0 aromatic heterocycles. The van der Waals surface area contributed by atoms with Crippen LogP contribution in [-0.2, 0) is 5.41 Å². The summed E-state index contributed by atoms with van der Waals surface area (Å²) in [6, 6.07) is 12.5. The van der Waals surface area contributed by atoms with Gasteiger partial charge in [-0.2, -0.15) is 0 Å². The molecule has 2 rings (SSSR count). The Bertz CT molecular complexity index is 793. The molecule has 0 spiro atoms. The van der Waals surface area contributed by atoms with Gasteiger partial charge >= 0.3 is 0 Å². The third-order valence-corrected chi connectivity index (χ3v) is 4.80. The highest BCUT2D eigenvalue weighted by atomic mass is 16.5. The smallest absolute Gasteiger partial charge is 0.259 e. The minimum absolute atomic E-state index is 0.0429. The highest BCUT2D eigenvalue weighted by Gasteiger charge is 2.18. The lowest BCUT2D eigenvalue weighted by Crippen LogP contribution is -2.28. The van der Waals surface area contributed by atoms with Crippen LogP contribution in [0.5, 0.6) is 11.5 Å². The molecule has 5 heteroatoms. The van der Waals surface area contributed by atoms with E-state index >= 15 is 0 Å². The Morgan fingerprint density at radius 3 is 2.43 bits per heavy atom. The first-order chi connectivity index (χ1) is 13.3. The van der Waals surface area contributed by atoms with Crippen molar-refractivity contribution in [1.82, 2.24) is 4.90 Å². The first kappa shape index (κ1) is 21.8. The minimum atomic E-state index is -0.306. The number of nitrogens with one attached hydrogen (secondary N) is 1. The number of hydrogen-bond acceptors (Lipinski definition) is 4. The lowest BCUT2D eigenvalue weighted by atomic mass is 9.87. The van der Waals surface area contributed by atoms with E-state index in [0.717, 1.165) is 25.2 Å². The fourth-order valence-electron chi connectivity index (χ4n) is 2.90. The summed E-state index contributed by atoms with van der Waals surface area (Å²) in [6.07, 6.45) is 0. The zero-order valence-corrected chi connectivity index (χ0v) is 17.6. The number of phenols is 1. The molecule has 152 valence electrons. The Labute approximate surface area is 168 Å². The Balaban J connectivity index is 2.15. The normalized spacial score (nSPS) is 11.5. The lowest BCUT2D eigenvalue weighted by Gasteiger charge is -2.21. The number of likely N-dealkylation sites (N-methyl/N-ethyl adjacent to an activating group) is 1. The van der Waals surface area contributed by atoms with Crippen LogP contribution in [0, 0.1) is 0 Å². The summed E-state index contributed by atoms with van der Waals surface area (Å²) in [7, 11) is 0. The largest absolute Gasteiger partial charge is 0.506 e. The van der Waals surface area contributed by atoms with Crippen molar-refractivity contribution in [3.8, 4) is 11.5 Å². The standard InChI is InChI=1S/C23H32N2O3/c1-6-25(7-2)14-15-28-21-11-9-8-10-18(21)22(27)24-19-16-17(23(3,4)5)12-13-20(19)26/h8-13,16,26H,6-7,14-15H2,1-5H3,(H,24,27). The van der Waals surface area contributed by atoms with Crippen molar-refractivity contribution in [2.24, 2.45) is 0 Å². The van der Waals surface area contributed by atoms with Gasteiger partial charge < -0.3 is 20.1 Å². The number of nitrogens with zero attached hydrogens (tertiary/aromatic N) is 1. The van der Waals surface area contributed by atoms with Gasteiger partial charge in [-0.15, -0.1) is 0 Å². The predicted octanol–water partition coefficient (Wildman–Crippen LogP) is 4.66. The SMILES string of the molecule is CCN(CC)CCOc1ccccc1C(=O)Nc1cc(C(C)(C)C)ccc1O. The lowest BCUT2D eigenvalue weighted by molar-refractivity contribution is 0.102. The van der Waals surface area contributed by atoms with Crippen molar-refractivity contribution in [3.63, 3.8) is 0 Å². The van der Waals surface area contributed by atoms with Crippen LogP contribution in [0.2, 0.25) is 0 Å². The van der Waals surface area contributed by atoms with E-state index in [0.29, 0.717) is 23.6 Å². The number of hydrogen-bond donors (Lipinski definition) is 2. The highest BCUT2D eigenvalue weighted by Crippen LogP contribution is 2.31. The maximum Gasteiger partial charge on any atom is 0.259 e. The van der Waals surface area contributed by atoms with Crippen molar-refractivity contribution in [2.75, 3.05) is 31.6 Å². The number of aromatic hydroxyl groups is 1. The summed E-state index contributed by atoms with van der Waals surface area (Å²) in [4.78, 5) is 15.1. The van der Waals surface area contributed by atoms with Gasteiger partial charge in [0.15, 0.2) is 0 Å². The van der Waals surface area contributed by atoms with Crippen molar-refractivity contribution < 1.29 is 14.6 Å². The van der Waals surface area contributed by atoms with Gasteiger partial charge in [-0.05, 0) is 48.3 Å². The van der Waals surface area contributed by atoms with Crippen molar-refractivity contribution >= 4 is 11.6 Å². The van der Waals surface area contributed by atoms with Gasteiger partial charge in [-0.25, -0.2) is 0 Å². The topological polar surface area (TPSA) is 61.8 Å². The summed E-state index contributed by atoms with van der Waals surface area (Å²) in [5.41, 5.74) is 1.79. The molecule has 0 bridgehead atoms. The van der Waals surface area contributed by atoms with Gasteiger partial charge in [0.1, 0.15) is 18.1 Å². The molecule has 0 radical (unpaired) electrons. The maximum atomic E-state index is 12.8. The van der Waals surface area contributed by atoms with Gasteiger partial charge in [-0.3, -0.25) is 4.79 Å². The molecule has 0 atom stereocenters. The number of carbonyl (C=O) groups is 1. The van der Waals surface area contributed by atoms with Crippen molar-refractivity contribution in [1.29, 1.82) is 0 Å². The quantitative estimate of drug-likeness (QED) is 0.650. The molecule has 1 amide bonds. The van der Waals surface area contributed by atoms with Crippen LogP contribution in [0.25, 0.3) is 0 Å². The number of carbonyl (C=O) groups excluding carboxylic acids is 1. The molecule has 0 unspecified atom stereocenters. The Morgan fingerprint density at radius 1 is 1.11 bits per heavy atom. The Hall–Kier alpha value is -2.53. The van der Waals surface area contributed by atoms with Crippen molar-refractivity contribution in [3.05, 3.63) is 53.6 Å². The van der Waals surface area contributed by atoms with E-state index in [-0.39, 0.29) is 17.1 Å². The molecule has 2 N–H and O–H groups in total. The number of benzene rings is 2. The molecule has 0 saturated heterocycles. The van der Waals surface area contributed by atoms with E-state index in [2.05, 4.69) is 44.8 Å². The summed E-state index contributed by atoms with van der Waals surface area (Å²) in [6.45, 7) is 13.7. The van der Waals surface area contributed by atoms with Gasteiger partial charge in [-0.1, -0.05) is 52.8 Å². The maximum absolute atomic E-state index is 12.8. The predicted molar refractivity (Wildman–Crippen MR) is 114 cm³/mol. The number of amides is 1. The molecule has 0 fully saturated rings. The molecule has 2 aromatic carbocycles. The van der Waals surface area contributed by atoms with E-state index in [9.17, 15) is 9.90 Å². The monoisotopic (exact) mass is 384 g/mol. The van der Waals surface area contributed by atoms with Crippen LogP contribution in [-0.4, -0.2) is 42.2 Å². The summed E-state index contributed by atoms with van der Waals surface area (Å²) in [5, 5.41) is 13.0. The number of ether oxygens (including phenoxy) is 1. The first-order valence-corrected chi connectivity index (χ1v) is 9.85. The molecular formula is C23H32N2O3. The van der Waals surface area contributed by atoms with Crippen LogP contribution < -0.4 is 10.1 Å². The third-order valence-electron chi connectivity index (χ3n) is 4.80. The Kier molecular flexibility index (Phi) is 7.46. The van der Waals surface area contributed by atoms with Gasteiger partial charge in [0, 0.05) is 6.54 Å².